The largest absolute Gasteiger partial charge is 0.389 e. The summed E-state index contributed by atoms with van der Waals surface area (Å²) in [5, 5.41) is 0. The molecule has 2 nitrogen and oxygen atoms in total. The molecule has 0 radical (unpaired) electrons. The zero-order chi connectivity index (χ0) is 14.0. The number of anilines is 1. The van der Waals surface area contributed by atoms with Gasteiger partial charge in [-0.05, 0) is 42.9 Å². The Morgan fingerprint density at radius 2 is 2.11 bits per heavy atom. The standard InChI is InChI=1S/C15H21BrN2S/c1-3-15(4-2)7-8-18(10-15)13-6-5-11(16)9-12(13)14(17)19/h5-6,9H,3-4,7-8,10H2,1-2H3,(H2,17,19). The number of nitrogens with zero attached hydrogens (tertiary/aromatic N) is 1. The van der Waals surface area contributed by atoms with E-state index in [2.05, 4.69) is 46.8 Å². The van der Waals surface area contributed by atoms with Crippen LogP contribution < -0.4 is 10.6 Å². The van der Waals surface area contributed by atoms with E-state index in [-0.39, 0.29) is 0 Å². The van der Waals surface area contributed by atoms with E-state index < -0.39 is 0 Å². The van der Waals surface area contributed by atoms with Gasteiger partial charge in [0.25, 0.3) is 0 Å². The summed E-state index contributed by atoms with van der Waals surface area (Å²) >= 11 is 8.68. The van der Waals surface area contributed by atoms with Gasteiger partial charge in [-0.15, -0.1) is 0 Å². The molecule has 1 aromatic rings. The summed E-state index contributed by atoms with van der Waals surface area (Å²) in [6, 6.07) is 6.21. The van der Waals surface area contributed by atoms with Crippen LogP contribution in [0.3, 0.4) is 0 Å². The molecule has 1 aromatic carbocycles. The average molecular weight is 341 g/mol. The van der Waals surface area contributed by atoms with Crippen molar-refractivity contribution in [2.45, 2.75) is 33.1 Å². The first-order chi connectivity index (χ1) is 9.01. The highest BCUT2D eigenvalue weighted by Crippen LogP contribution is 2.40. The molecule has 0 atom stereocenters. The summed E-state index contributed by atoms with van der Waals surface area (Å²) in [7, 11) is 0. The molecule has 2 rings (SSSR count). The lowest BCUT2D eigenvalue weighted by Crippen LogP contribution is -2.28. The molecule has 4 heteroatoms. The first kappa shape index (κ1) is 14.8. The van der Waals surface area contributed by atoms with E-state index in [0.717, 1.165) is 23.1 Å². The minimum Gasteiger partial charge on any atom is -0.389 e. The smallest absolute Gasteiger partial charge is 0.106 e. The van der Waals surface area contributed by atoms with E-state index in [0.29, 0.717) is 10.4 Å². The van der Waals surface area contributed by atoms with Crippen LogP contribution in [0.15, 0.2) is 22.7 Å². The molecule has 2 N–H and O–H groups in total. The van der Waals surface area contributed by atoms with Crippen LogP contribution in [0, 0.1) is 5.41 Å². The van der Waals surface area contributed by atoms with Crippen molar-refractivity contribution in [3.8, 4) is 0 Å². The Morgan fingerprint density at radius 3 is 2.63 bits per heavy atom. The molecule has 0 amide bonds. The predicted octanol–water partition coefficient (Wildman–Crippen LogP) is 4.10. The number of thiocarbonyl (C=S) groups is 1. The highest BCUT2D eigenvalue weighted by molar-refractivity contribution is 9.10. The Bertz CT molecular complexity index is 483. The van der Waals surface area contributed by atoms with Gasteiger partial charge in [-0.25, -0.2) is 0 Å². The van der Waals surface area contributed by atoms with E-state index in [4.69, 9.17) is 18.0 Å². The summed E-state index contributed by atoms with van der Waals surface area (Å²) in [5.74, 6) is 0. The van der Waals surface area contributed by atoms with Crippen LogP contribution in [0.4, 0.5) is 5.69 Å². The second-order valence-electron chi connectivity index (χ2n) is 5.40. The fourth-order valence-corrected chi connectivity index (χ4v) is 3.47. The molecular weight excluding hydrogens is 320 g/mol. The number of benzene rings is 1. The fourth-order valence-electron chi connectivity index (χ4n) is 2.95. The van der Waals surface area contributed by atoms with E-state index in [1.165, 1.54) is 24.9 Å². The Hall–Kier alpha value is -0.610. The first-order valence-corrected chi connectivity index (χ1v) is 8.06. The molecular formula is C15H21BrN2S. The number of halogens is 1. The van der Waals surface area contributed by atoms with Gasteiger partial charge in [-0.2, -0.15) is 0 Å². The monoisotopic (exact) mass is 340 g/mol. The van der Waals surface area contributed by atoms with Crippen molar-refractivity contribution < 1.29 is 0 Å². The third-order valence-corrected chi connectivity index (χ3v) is 5.22. The minimum absolute atomic E-state index is 0.459. The van der Waals surface area contributed by atoms with Crippen molar-refractivity contribution in [3.05, 3.63) is 28.2 Å². The van der Waals surface area contributed by atoms with Gasteiger partial charge in [-0.1, -0.05) is 42.0 Å². The molecule has 1 fully saturated rings. The van der Waals surface area contributed by atoms with E-state index >= 15 is 0 Å². The molecule has 0 aliphatic carbocycles. The maximum Gasteiger partial charge on any atom is 0.106 e. The molecule has 0 spiro atoms. The van der Waals surface area contributed by atoms with E-state index in [1.807, 2.05) is 6.07 Å². The van der Waals surface area contributed by atoms with Gasteiger partial charge in [0.15, 0.2) is 0 Å². The molecule has 1 aliphatic heterocycles. The summed E-state index contributed by atoms with van der Waals surface area (Å²) in [5.41, 5.74) is 8.49. The Morgan fingerprint density at radius 1 is 1.42 bits per heavy atom. The van der Waals surface area contributed by atoms with Crippen molar-refractivity contribution in [1.29, 1.82) is 0 Å². The van der Waals surface area contributed by atoms with Gasteiger partial charge in [0.05, 0.1) is 0 Å². The number of nitrogens with two attached hydrogens (primary N) is 1. The highest BCUT2D eigenvalue weighted by atomic mass is 79.9. The van der Waals surface area contributed by atoms with Crippen LogP contribution in [-0.2, 0) is 0 Å². The van der Waals surface area contributed by atoms with Crippen molar-refractivity contribution in [2.24, 2.45) is 11.1 Å². The van der Waals surface area contributed by atoms with Crippen LogP contribution in [0.5, 0.6) is 0 Å². The van der Waals surface area contributed by atoms with Crippen LogP contribution in [0.1, 0.15) is 38.7 Å². The minimum atomic E-state index is 0.459. The third kappa shape index (κ3) is 2.95. The lowest BCUT2D eigenvalue weighted by molar-refractivity contribution is 0.301. The highest BCUT2D eigenvalue weighted by Gasteiger charge is 2.35. The number of rotatable bonds is 4. The second-order valence-corrected chi connectivity index (χ2v) is 6.76. The van der Waals surface area contributed by atoms with Gasteiger partial charge >= 0.3 is 0 Å². The zero-order valence-electron chi connectivity index (χ0n) is 11.6. The SMILES string of the molecule is CCC1(CC)CCN(c2ccc(Br)cc2C(N)=S)C1. The van der Waals surface area contributed by atoms with Crippen LogP contribution >= 0.6 is 28.1 Å². The summed E-state index contributed by atoms with van der Waals surface area (Å²) in [6.07, 6.45) is 3.73. The zero-order valence-corrected chi connectivity index (χ0v) is 14.0. The lowest BCUT2D eigenvalue weighted by Gasteiger charge is -2.28. The molecule has 1 aliphatic rings. The lowest BCUT2D eigenvalue weighted by atomic mass is 9.82. The molecule has 0 bridgehead atoms. The van der Waals surface area contributed by atoms with Crippen LogP contribution in [0.25, 0.3) is 0 Å². The van der Waals surface area contributed by atoms with Crippen molar-refractivity contribution >= 4 is 38.8 Å². The maximum atomic E-state index is 5.87. The first-order valence-electron chi connectivity index (χ1n) is 6.85. The van der Waals surface area contributed by atoms with Crippen molar-refractivity contribution in [1.82, 2.24) is 0 Å². The quantitative estimate of drug-likeness (QED) is 0.836. The summed E-state index contributed by atoms with van der Waals surface area (Å²) < 4.78 is 1.02. The van der Waals surface area contributed by atoms with Crippen LogP contribution in [-0.4, -0.2) is 18.1 Å². The number of hydrogen-bond acceptors (Lipinski definition) is 2. The fraction of sp³-hybridized carbons (Fsp3) is 0.533. The maximum absolute atomic E-state index is 5.87. The van der Waals surface area contributed by atoms with Gasteiger partial charge in [0.1, 0.15) is 4.99 Å². The molecule has 0 saturated carbocycles. The van der Waals surface area contributed by atoms with Gasteiger partial charge in [-0.3, -0.25) is 0 Å². The average Bonchev–Trinajstić information content (AvgIpc) is 2.83. The summed E-state index contributed by atoms with van der Waals surface area (Å²) in [4.78, 5) is 2.91. The van der Waals surface area contributed by atoms with Crippen molar-refractivity contribution in [2.75, 3.05) is 18.0 Å². The third-order valence-electron chi connectivity index (χ3n) is 4.50. The van der Waals surface area contributed by atoms with E-state index in [1.54, 1.807) is 0 Å². The van der Waals surface area contributed by atoms with Gasteiger partial charge in [0, 0.05) is 28.8 Å². The van der Waals surface area contributed by atoms with E-state index in [9.17, 15) is 0 Å². The van der Waals surface area contributed by atoms with Gasteiger partial charge in [0.2, 0.25) is 0 Å². The summed E-state index contributed by atoms with van der Waals surface area (Å²) in [6.45, 7) is 6.79. The molecule has 104 valence electrons. The predicted molar refractivity (Wildman–Crippen MR) is 89.9 cm³/mol. The van der Waals surface area contributed by atoms with Crippen LogP contribution in [0.2, 0.25) is 0 Å². The number of hydrogen-bond donors (Lipinski definition) is 1. The Labute approximate surface area is 129 Å². The Kier molecular flexibility index (Phi) is 4.51. The molecule has 0 aromatic heterocycles. The molecule has 1 saturated heterocycles. The van der Waals surface area contributed by atoms with Crippen molar-refractivity contribution in [3.63, 3.8) is 0 Å². The Balaban J connectivity index is 2.31. The topological polar surface area (TPSA) is 29.3 Å². The molecule has 19 heavy (non-hydrogen) atoms. The second kappa shape index (κ2) is 5.80. The van der Waals surface area contributed by atoms with Gasteiger partial charge < -0.3 is 10.6 Å². The molecule has 1 heterocycles. The normalized spacial score (nSPS) is 17.7. The molecule has 0 unspecified atom stereocenters.